The van der Waals surface area contributed by atoms with E-state index in [2.05, 4.69) is 49.2 Å². The van der Waals surface area contributed by atoms with E-state index in [9.17, 15) is 0 Å². The summed E-state index contributed by atoms with van der Waals surface area (Å²) < 4.78 is 13.3. The van der Waals surface area contributed by atoms with Crippen molar-refractivity contribution in [2.45, 2.75) is 24.3 Å². The van der Waals surface area contributed by atoms with Gasteiger partial charge < -0.3 is 9.26 Å². The summed E-state index contributed by atoms with van der Waals surface area (Å²) in [5.41, 5.74) is 3.00. The Labute approximate surface area is 201 Å². The van der Waals surface area contributed by atoms with Crippen LogP contribution in [-0.2, 0) is 12.2 Å². The minimum absolute atomic E-state index is 0.472. The summed E-state index contributed by atoms with van der Waals surface area (Å²) in [7, 11) is 0. The number of hydrogen-bond acceptors (Lipinski definition) is 7. The van der Waals surface area contributed by atoms with Crippen LogP contribution in [0.5, 0.6) is 5.75 Å². The fraction of sp³-hybridized carbons (Fsp3) is 0.154. The number of para-hydroxylation sites is 2. The van der Waals surface area contributed by atoms with Crippen LogP contribution in [0.4, 0.5) is 0 Å². The molecule has 0 aliphatic carbocycles. The number of thioether (sulfide) groups is 1. The first kappa shape index (κ1) is 21.9. The highest BCUT2D eigenvalue weighted by Gasteiger charge is 2.18. The molecule has 8 heteroatoms. The molecule has 3 aromatic carbocycles. The number of ether oxygens (including phenoxy) is 1. The summed E-state index contributed by atoms with van der Waals surface area (Å²) >= 11 is 1.51. The first-order valence-corrected chi connectivity index (χ1v) is 12.0. The normalized spacial score (nSPS) is 11.0. The fourth-order valence-corrected chi connectivity index (χ4v) is 4.41. The number of benzene rings is 3. The van der Waals surface area contributed by atoms with Crippen molar-refractivity contribution in [2.24, 2.45) is 0 Å². The van der Waals surface area contributed by atoms with Gasteiger partial charge in [0, 0.05) is 12.1 Å². The quantitative estimate of drug-likeness (QED) is 0.260. The number of nitrogens with zero attached hydrogens (tertiary/aromatic N) is 5. The predicted molar refractivity (Wildman–Crippen MR) is 131 cm³/mol. The maximum absolute atomic E-state index is 5.70. The molecule has 2 heterocycles. The topological polar surface area (TPSA) is 78.9 Å². The molecule has 0 saturated carbocycles. The average molecular weight is 470 g/mol. The monoisotopic (exact) mass is 469 g/mol. The summed E-state index contributed by atoms with van der Waals surface area (Å²) in [6.07, 6.45) is 0.683. The van der Waals surface area contributed by atoms with Gasteiger partial charge in [-0.15, -0.1) is 10.2 Å². The zero-order valence-corrected chi connectivity index (χ0v) is 19.5. The molecule has 5 aromatic rings. The lowest BCUT2D eigenvalue weighted by Gasteiger charge is -2.09. The van der Waals surface area contributed by atoms with Crippen LogP contribution in [-0.4, -0.2) is 31.5 Å². The van der Waals surface area contributed by atoms with Crippen LogP contribution < -0.4 is 4.74 Å². The molecular weight excluding hydrogens is 446 g/mol. The van der Waals surface area contributed by atoms with E-state index in [1.54, 1.807) is 0 Å². The minimum atomic E-state index is 0.472. The van der Waals surface area contributed by atoms with Crippen molar-refractivity contribution in [2.75, 3.05) is 6.61 Å². The first-order chi connectivity index (χ1) is 16.8. The molecule has 0 amide bonds. The minimum Gasteiger partial charge on any atom is -0.493 e. The summed E-state index contributed by atoms with van der Waals surface area (Å²) in [5, 5.41) is 13.9. The van der Waals surface area contributed by atoms with Gasteiger partial charge in [0.05, 0.1) is 17.9 Å². The van der Waals surface area contributed by atoms with Gasteiger partial charge in [0.1, 0.15) is 11.6 Å². The van der Waals surface area contributed by atoms with Crippen molar-refractivity contribution in [1.29, 1.82) is 0 Å². The van der Waals surface area contributed by atoms with E-state index in [1.165, 1.54) is 17.3 Å². The van der Waals surface area contributed by atoms with E-state index < -0.39 is 0 Å². The van der Waals surface area contributed by atoms with Gasteiger partial charge in [0.15, 0.2) is 5.16 Å². The van der Waals surface area contributed by atoms with Gasteiger partial charge in [-0.1, -0.05) is 77.6 Å². The third kappa shape index (κ3) is 4.87. The van der Waals surface area contributed by atoms with E-state index in [4.69, 9.17) is 9.26 Å². The summed E-state index contributed by atoms with van der Waals surface area (Å²) in [6.45, 7) is 2.52. The number of rotatable bonds is 9. The summed E-state index contributed by atoms with van der Waals surface area (Å²) in [4.78, 5) is 4.58. The van der Waals surface area contributed by atoms with Gasteiger partial charge >= 0.3 is 0 Å². The average Bonchev–Trinajstić information content (AvgIpc) is 3.51. The van der Waals surface area contributed by atoms with Crippen molar-refractivity contribution in [1.82, 2.24) is 24.9 Å². The molecule has 0 aliphatic heterocycles. The lowest BCUT2D eigenvalue weighted by molar-refractivity contribution is 0.341. The van der Waals surface area contributed by atoms with Crippen molar-refractivity contribution in [3.8, 4) is 22.8 Å². The third-order valence-corrected chi connectivity index (χ3v) is 6.05. The Bertz CT molecular complexity index is 1350. The third-order valence-electron chi connectivity index (χ3n) is 5.14. The molecule has 0 fully saturated rings. The van der Waals surface area contributed by atoms with Gasteiger partial charge in [-0.3, -0.25) is 4.57 Å². The Morgan fingerprint density at radius 3 is 2.41 bits per heavy atom. The molecule has 170 valence electrons. The molecule has 0 spiro atoms. The molecule has 0 aliphatic rings. The van der Waals surface area contributed by atoms with Crippen LogP contribution in [0.2, 0.25) is 0 Å². The second-order valence-corrected chi connectivity index (χ2v) is 8.40. The molecule has 2 aromatic heterocycles. The van der Waals surface area contributed by atoms with Crippen LogP contribution in [0.15, 0.2) is 94.6 Å². The van der Waals surface area contributed by atoms with Crippen LogP contribution in [0.25, 0.3) is 17.1 Å². The van der Waals surface area contributed by atoms with Gasteiger partial charge in [-0.05, 0) is 36.8 Å². The van der Waals surface area contributed by atoms with E-state index in [0.29, 0.717) is 30.5 Å². The molecule has 0 atom stereocenters. The lowest BCUT2D eigenvalue weighted by atomic mass is 10.1. The molecule has 0 unspecified atom stereocenters. The first-order valence-electron chi connectivity index (χ1n) is 11.0. The van der Waals surface area contributed by atoms with Crippen LogP contribution in [0, 0.1) is 0 Å². The van der Waals surface area contributed by atoms with Crippen molar-refractivity contribution >= 4 is 11.8 Å². The molecule has 0 bridgehead atoms. The van der Waals surface area contributed by atoms with Crippen LogP contribution in [0.1, 0.15) is 24.2 Å². The zero-order valence-electron chi connectivity index (χ0n) is 18.7. The second kappa shape index (κ2) is 10.4. The molecular formula is C26H23N5O2S. The highest BCUT2D eigenvalue weighted by atomic mass is 32.2. The maximum atomic E-state index is 5.70. The fourth-order valence-electron chi connectivity index (χ4n) is 3.61. The van der Waals surface area contributed by atoms with E-state index in [0.717, 1.165) is 28.0 Å². The maximum Gasteiger partial charge on any atom is 0.237 e. The van der Waals surface area contributed by atoms with Crippen molar-refractivity contribution in [3.63, 3.8) is 0 Å². The molecule has 7 nitrogen and oxygen atoms in total. The second-order valence-electron chi connectivity index (χ2n) is 7.46. The zero-order chi connectivity index (χ0) is 23.2. The van der Waals surface area contributed by atoms with Crippen molar-refractivity contribution in [3.05, 3.63) is 102 Å². The molecule has 0 saturated heterocycles. The summed E-state index contributed by atoms with van der Waals surface area (Å²) in [5.74, 6) is 3.10. The summed E-state index contributed by atoms with van der Waals surface area (Å²) in [6, 6.07) is 28.1. The van der Waals surface area contributed by atoms with Gasteiger partial charge in [-0.2, -0.15) is 4.98 Å². The Morgan fingerprint density at radius 1 is 0.882 bits per heavy atom. The SMILES string of the molecule is CCOc1ccccc1-c1noc(CSc2nnc(Cc3ccccc3)n2-c2ccccc2)n1. The smallest absolute Gasteiger partial charge is 0.237 e. The highest BCUT2D eigenvalue weighted by Crippen LogP contribution is 2.30. The molecule has 34 heavy (non-hydrogen) atoms. The lowest BCUT2D eigenvalue weighted by Crippen LogP contribution is -2.03. The highest BCUT2D eigenvalue weighted by molar-refractivity contribution is 7.98. The van der Waals surface area contributed by atoms with Crippen molar-refractivity contribution < 1.29 is 9.26 Å². The van der Waals surface area contributed by atoms with Crippen LogP contribution in [0.3, 0.4) is 0 Å². The number of hydrogen-bond donors (Lipinski definition) is 0. The van der Waals surface area contributed by atoms with Gasteiger partial charge in [0.25, 0.3) is 0 Å². The van der Waals surface area contributed by atoms with Crippen LogP contribution >= 0.6 is 11.8 Å². The Hall–Kier alpha value is -3.91. The largest absolute Gasteiger partial charge is 0.493 e. The molecule has 0 radical (unpaired) electrons. The Morgan fingerprint density at radius 2 is 1.62 bits per heavy atom. The van der Waals surface area contributed by atoms with Gasteiger partial charge in [-0.25, -0.2) is 0 Å². The van der Waals surface area contributed by atoms with E-state index in [1.807, 2.05) is 67.6 Å². The van der Waals surface area contributed by atoms with Gasteiger partial charge in [0.2, 0.25) is 11.7 Å². The Balaban J connectivity index is 1.38. The van der Waals surface area contributed by atoms with E-state index >= 15 is 0 Å². The standard InChI is InChI=1S/C26H23N5O2S/c1-2-32-22-16-10-9-15-21(22)25-27-24(33-30-25)18-34-26-29-28-23(17-19-11-5-3-6-12-19)31(26)20-13-7-4-8-14-20/h3-16H,2,17-18H2,1H3. The Kier molecular flexibility index (Phi) is 6.67. The number of aromatic nitrogens is 5. The molecule has 5 rings (SSSR count). The predicted octanol–water partition coefficient (Wildman–Crippen LogP) is 5.60. The van der Waals surface area contributed by atoms with E-state index in [-0.39, 0.29) is 0 Å². The molecule has 0 N–H and O–H groups in total.